The molecule has 0 aliphatic carbocycles. The normalized spacial score (nSPS) is 14.0. The SMILES string of the molecule is CCCCCCCCCCOc1c(OC)cc(/C=C/C(=O)NN2CCN(c3c(C)cccc3C)CC2)cc1OC. The van der Waals surface area contributed by atoms with Crippen molar-refractivity contribution in [1.82, 2.24) is 10.4 Å². The van der Waals surface area contributed by atoms with Gasteiger partial charge in [-0.25, -0.2) is 5.01 Å². The number of nitrogens with zero attached hydrogens (tertiary/aromatic N) is 2. The van der Waals surface area contributed by atoms with Crippen LogP contribution in [-0.2, 0) is 4.79 Å². The molecule has 1 amide bonds. The molecule has 0 bridgehead atoms. The van der Waals surface area contributed by atoms with Crippen LogP contribution in [0.15, 0.2) is 36.4 Å². The molecule has 7 nitrogen and oxygen atoms in total. The van der Waals surface area contributed by atoms with Crippen LogP contribution in [0.25, 0.3) is 6.08 Å². The quantitative estimate of drug-likeness (QED) is 0.185. The first kappa shape index (κ1) is 31.3. The molecule has 0 radical (unpaired) electrons. The van der Waals surface area contributed by atoms with Gasteiger partial charge >= 0.3 is 0 Å². The number of piperazine rings is 1. The number of hydrazine groups is 1. The molecule has 220 valence electrons. The summed E-state index contributed by atoms with van der Waals surface area (Å²) in [5.74, 6) is 1.65. The molecule has 1 aliphatic rings. The molecule has 3 rings (SSSR count). The number of carbonyl (C=O) groups excluding carboxylic acids is 1. The van der Waals surface area contributed by atoms with Crippen molar-refractivity contribution in [2.24, 2.45) is 0 Å². The summed E-state index contributed by atoms with van der Waals surface area (Å²) in [6.07, 6.45) is 13.3. The van der Waals surface area contributed by atoms with Gasteiger partial charge in [0.05, 0.1) is 20.8 Å². The highest BCUT2D eigenvalue weighted by molar-refractivity contribution is 5.91. The van der Waals surface area contributed by atoms with Gasteiger partial charge in [-0.15, -0.1) is 0 Å². The summed E-state index contributed by atoms with van der Waals surface area (Å²) in [4.78, 5) is 15.1. The van der Waals surface area contributed by atoms with Crippen LogP contribution in [0.5, 0.6) is 17.2 Å². The van der Waals surface area contributed by atoms with E-state index in [1.54, 1.807) is 26.4 Å². The van der Waals surface area contributed by atoms with Gasteiger partial charge in [-0.05, 0) is 55.2 Å². The summed E-state index contributed by atoms with van der Waals surface area (Å²) in [6.45, 7) is 10.4. The van der Waals surface area contributed by atoms with Crippen molar-refractivity contribution in [3.05, 3.63) is 53.1 Å². The van der Waals surface area contributed by atoms with Gasteiger partial charge in [0.25, 0.3) is 5.91 Å². The Morgan fingerprint density at radius 3 is 2.02 bits per heavy atom. The number of hydrogen-bond acceptors (Lipinski definition) is 6. The van der Waals surface area contributed by atoms with Gasteiger partial charge in [-0.2, -0.15) is 0 Å². The van der Waals surface area contributed by atoms with Crippen molar-refractivity contribution in [2.75, 3.05) is 51.9 Å². The van der Waals surface area contributed by atoms with E-state index in [1.165, 1.54) is 55.3 Å². The Kier molecular flexibility index (Phi) is 13.2. The summed E-state index contributed by atoms with van der Waals surface area (Å²) in [5.41, 5.74) is 7.70. The average Bonchev–Trinajstić information content (AvgIpc) is 2.96. The topological polar surface area (TPSA) is 63.3 Å². The highest BCUT2D eigenvalue weighted by Gasteiger charge is 2.20. The second-order valence-electron chi connectivity index (χ2n) is 10.6. The lowest BCUT2D eigenvalue weighted by molar-refractivity contribution is -0.121. The maximum absolute atomic E-state index is 12.7. The standard InChI is InChI=1S/C33H49N3O4/c1-6-7-8-9-10-11-12-13-23-40-33-29(38-4)24-28(25-30(33)39-5)17-18-31(37)34-36-21-19-35(20-22-36)32-26(2)15-14-16-27(32)3/h14-18,24-25H,6-13,19-23H2,1-5H3,(H,34,37)/b18-17+. The van der Waals surface area contributed by atoms with Gasteiger partial charge in [0.1, 0.15) is 0 Å². The van der Waals surface area contributed by atoms with Crippen LogP contribution in [-0.4, -0.2) is 57.9 Å². The molecule has 1 aliphatic heterocycles. The molecular weight excluding hydrogens is 502 g/mol. The highest BCUT2D eigenvalue weighted by Crippen LogP contribution is 2.39. The van der Waals surface area contributed by atoms with E-state index in [0.29, 0.717) is 23.9 Å². The van der Waals surface area contributed by atoms with E-state index in [-0.39, 0.29) is 5.91 Å². The Morgan fingerprint density at radius 1 is 0.875 bits per heavy atom. The van der Waals surface area contributed by atoms with Crippen LogP contribution in [0.1, 0.15) is 75.0 Å². The van der Waals surface area contributed by atoms with Crippen molar-refractivity contribution in [3.8, 4) is 17.2 Å². The van der Waals surface area contributed by atoms with Gasteiger partial charge in [-0.3, -0.25) is 10.2 Å². The maximum atomic E-state index is 12.7. The molecule has 0 atom stereocenters. The second-order valence-corrected chi connectivity index (χ2v) is 10.6. The molecule has 0 unspecified atom stereocenters. The summed E-state index contributed by atoms with van der Waals surface area (Å²) in [6, 6.07) is 10.2. The number of para-hydroxylation sites is 1. The third kappa shape index (κ3) is 9.47. The van der Waals surface area contributed by atoms with Crippen LogP contribution >= 0.6 is 0 Å². The van der Waals surface area contributed by atoms with Crippen LogP contribution in [0.2, 0.25) is 0 Å². The average molecular weight is 552 g/mol. The number of rotatable bonds is 16. The van der Waals surface area contributed by atoms with Crippen LogP contribution in [0.4, 0.5) is 5.69 Å². The first-order valence-corrected chi connectivity index (χ1v) is 14.9. The second kappa shape index (κ2) is 16.8. The minimum absolute atomic E-state index is 0.159. The van der Waals surface area contributed by atoms with Crippen molar-refractivity contribution in [1.29, 1.82) is 0 Å². The maximum Gasteiger partial charge on any atom is 0.258 e. The number of nitrogens with one attached hydrogen (secondary N) is 1. The monoisotopic (exact) mass is 551 g/mol. The number of anilines is 1. The summed E-state index contributed by atoms with van der Waals surface area (Å²) >= 11 is 0. The fourth-order valence-electron chi connectivity index (χ4n) is 5.26. The van der Waals surface area contributed by atoms with E-state index in [1.807, 2.05) is 17.1 Å². The Balaban J connectivity index is 1.48. The largest absolute Gasteiger partial charge is 0.493 e. The molecule has 2 aromatic rings. The fourth-order valence-corrected chi connectivity index (χ4v) is 5.26. The van der Waals surface area contributed by atoms with E-state index < -0.39 is 0 Å². The molecule has 1 N–H and O–H groups in total. The van der Waals surface area contributed by atoms with E-state index in [0.717, 1.165) is 44.6 Å². The third-order valence-electron chi connectivity index (χ3n) is 7.46. The van der Waals surface area contributed by atoms with E-state index in [4.69, 9.17) is 14.2 Å². The zero-order valence-corrected chi connectivity index (χ0v) is 25.3. The number of benzene rings is 2. The Hall–Kier alpha value is -3.19. The smallest absolute Gasteiger partial charge is 0.258 e. The molecule has 40 heavy (non-hydrogen) atoms. The Bertz CT molecular complexity index is 1050. The van der Waals surface area contributed by atoms with Gasteiger partial charge in [0.2, 0.25) is 5.75 Å². The zero-order chi connectivity index (χ0) is 28.7. The van der Waals surface area contributed by atoms with Crippen molar-refractivity contribution in [3.63, 3.8) is 0 Å². The predicted molar refractivity (Wildman–Crippen MR) is 165 cm³/mol. The first-order valence-electron chi connectivity index (χ1n) is 14.9. The van der Waals surface area contributed by atoms with Crippen molar-refractivity contribution in [2.45, 2.75) is 72.1 Å². The summed E-state index contributed by atoms with van der Waals surface area (Å²) in [5, 5.41) is 1.99. The van der Waals surface area contributed by atoms with Crippen LogP contribution < -0.4 is 24.5 Å². The molecule has 0 spiro atoms. The molecule has 1 heterocycles. The first-order chi connectivity index (χ1) is 19.5. The highest BCUT2D eigenvalue weighted by atomic mass is 16.5. The molecule has 2 aromatic carbocycles. The lowest BCUT2D eigenvalue weighted by Crippen LogP contribution is -2.53. The number of methoxy groups -OCH3 is 2. The van der Waals surface area contributed by atoms with Gasteiger partial charge < -0.3 is 19.1 Å². The number of aryl methyl sites for hydroxylation is 2. The summed E-state index contributed by atoms with van der Waals surface area (Å²) in [7, 11) is 3.24. The third-order valence-corrected chi connectivity index (χ3v) is 7.46. The molecular formula is C33H49N3O4. The van der Waals surface area contributed by atoms with Crippen LogP contribution in [0.3, 0.4) is 0 Å². The zero-order valence-electron chi connectivity index (χ0n) is 25.3. The fraction of sp³-hybridized carbons (Fsp3) is 0.545. The molecule has 1 fully saturated rings. The minimum atomic E-state index is -0.159. The molecule has 0 aromatic heterocycles. The van der Waals surface area contributed by atoms with E-state index in [9.17, 15) is 4.79 Å². The number of hydrogen-bond donors (Lipinski definition) is 1. The number of carbonyl (C=O) groups is 1. The minimum Gasteiger partial charge on any atom is -0.493 e. The van der Waals surface area contributed by atoms with Gasteiger partial charge in [-0.1, -0.05) is 70.1 Å². The van der Waals surface area contributed by atoms with Crippen molar-refractivity contribution < 1.29 is 19.0 Å². The van der Waals surface area contributed by atoms with Gasteiger partial charge in [0, 0.05) is 37.9 Å². The molecule has 7 heteroatoms. The van der Waals surface area contributed by atoms with E-state index in [2.05, 4.69) is 49.3 Å². The number of amides is 1. The lowest BCUT2D eigenvalue weighted by Gasteiger charge is -2.37. The molecule has 0 saturated carbocycles. The molecule has 1 saturated heterocycles. The summed E-state index contributed by atoms with van der Waals surface area (Å²) < 4.78 is 17.3. The van der Waals surface area contributed by atoms with Crippen LogP contribution in [0, 0.1) is 13.8 Å². The Labute approximate surface area is 241 Å². The van der Waals surface area contributed by atoms with Crippen molar-refractivity contribution >= 4 is 17.7 Å². The van der Waals surface area contributed by atoms with Gasteiger partial charge in [0.15, 0.2) is 11.5 Å². The Morgan fingerprint density at radius 2 is 1.45 bits per heavy atom. The number of unbranched alkanes of at least 4 members (excludes halogenated alkanes) is 7. The van der Waals surface area contributed by atoms with E-state index >= 15 is 0 Å². The number of ether oxygens (including phenoxy) is 3. The predicted octanol–water partition coefficient (Wildman–Crippen LogP) is 6.71. The lowest BCUT2D eigenvalue weighted by atomic mass is 10.1.